The summed E-state index contributed by atoms with van der Waals surface area (Å²) in [4.78, 5) is 0. The molecule has 20 heavy (non-hydrogen) atoms. The van der Waals surface area contributed by atoms with Crippen molar-refractivity contribution in [3.05, 3.63) is 53.6 Å². The Morgan fingerprint density at radius 1 is 1.10 bits per heavy atom. The van der Waals surface area contributed by atoms with E-state index in [9.17, 15) is 0 Å². The van der Waals surface area contributed by atoms with E-state index in [0.717, 1.165) is 5.56 Å². The van der Waals surface area contributed by atoms with E-state index in [1.165, 1.54) is 0 Å². The van der Waals surface area contributed by atoms with E-state index < -0.39 is 0 Å². The normalized spacial score (nSPS) is 11.5. The molecule has 2 aromatic rings. The number of hydrogen-bond acceptors (Lipinski definition) is 4. The smallest absolute Gasteiger partial charge is 0.132 e. The number of rotatable bonds is 4. The highest BCUT2D eigenvalue weighted by Gasteiger charge is 2.05. The molecule has 0 aliphatic heterocycles. The van der Waals surface area contributed by atoms with Crippen LogP contribution in [-0.4, -0.2) is 7.11 Å². The zero-order chi connectivity index (χ0) is 14.5. The largest absolute Gasteiger partial charge is 0.497 e. The van der Waals surface area contributed by atoms with Crippen LogP contribution >= 0.6 is 0 Å². The Hall–Kier alpha value is -2.51. The molecule has 4 heteroatoms. The van der Waals surface area contributed by atoms with Gasteiger partial charge >= 0.3 is 0 Å². The summed E-state index contributed by atoms with van der Waals surface area (Å²) in [5.74, 6) is 1.82. The molecule has 0 fully saturated rings. The summed E-state index contributed by atoms with van der Waals surface area (Å²) in [6.45, 7) is 1.92. The zero-order valence-electron chi connectivity index (χ0n) is 11.5. The first-order valence-corrected chi connectivity index (χ1v) is 6.25. The highest BCUT2D eigenvalue weighted by molar-refractivity contribution is 5.45. The van der Waals surface area contributed by atoms with Gasteiger partial charge in [-0.15, -0.1) is 0 Å². The highest BCUT2D eigenvalue weighted by atomic mass is 16.5. The number of nitrogens with zero attached hydrogens (tertiary/aromatic N) is 1. The molecule has 4 nitrogen and oxygen atoms in total. The van der Waals surface area contributed by atoms with Crippen LogP contribution in [0.15, 0.2) is 42.5 Å². The van der Waals surface area contributed by atoms with Gasteiger partial charge in [0.25, 0.3) is 0 Å². The molecule has 0 amide bonds. The van der Waals surface area contributed by atoms with Crippen LogP contribution < -0.4 is 15.2 Å². The van der Waals surface area contributed by atoms with E-state index in [1.807, 2.05) is 31.2 Å². The van der Waals surface area contributed by atoms with E-state index in [4.69, 9.17) is 20.5 Å². The van der Waals surface area contributed by atoms with Crippen molar-refractivity contribution in [2.24, 2.45) is 5.73 Å². The lowest BCUT2D eigenvalue weighted by Gasteiger charge is -2.11. The summed E-state index contributed by atoms with van der Waals surface area (Å²) in [5.41, 5.74) is 7.33. The lowest BCUT2D eigenvalue weighted by molar-refractivity contribution is 0.409. The molecular formula is C16H16N2O2. The number of hydrogen-bond donors (Lipinski definition) is 1. The monoisotopic (exact) mass is 268 g/mol. The number of nitrogens with two attached hydrogens (primary N) is 1. The van der Waals surface area contributed by atoms with Gasteiger partial charge < -0.3 is 15.2 Å². The van der Waals surface area contributed by atoms with Crippen molar-refractivity contribution in [2.45, 2.75) is 13.0 Å². The highest BCUT2D eigenvalue weighted by Crippen LogP contribution is 2.28. The molecular weight excluding hydrogens is 252 g/mol. The first-order chi connectivity index (χ1) is 9.62. The fraction of sp³-hybridized carbons (Fsp3) is 0.188. The van der Waals surface area contributed by atoms with Crippen LogP contribution in [0.3, 0.4) is 0 Å². The number of methoxy groups -OCH3 is 1. The fourth-order valence-electron chi connectivity index (χ4n) is 1.81. The Kier molecular flexibility index (Phi) is 4.24. The third-order valence-corrected chi connectivity index (χ3v) is 2.86. The van der Waals surface area contributed by atoms with Gasteiger partial charge in [0.05, 0.1) is 18.7 Å². The van der Waals surface area contributed by atoms with E-state index in [1.54, 1.807) is 25.3 Å². The Labute approximate surface area is 118 Å². The molecule has 0 aliphatic rings. The number of ether oxygens (including phenoxy) is 2. The summed E-state index contributed by atoms with van der Waals surface area (Å²) in [6, 6.07) is 14.6. The maximum absolute atomic E-state index is 8.99. The summed E-state index contributed by atoms with van der Waals surface area (Å²) in [5, 5.41) is 8.99. The maximum Gasteiger partial charge on any atom is 0.132 e. The van der Waals surface area contributed by atoms with Crippen LogP contribution in [-0.2, 0) is 0 Å². The average Bonchev–Trinajstić information content (AvgIpc) is 2.47. The minimum atomic E-state index is -0.0569. The second kappa shape index (κ2) is 6.09. The lowest BCUT2D eigenvalue weighted by atomic mass is 10.1. The molecule has 0 saturated carbocycles. The number of nitriles is 1. The van der Waals surface area contributed by atoms with E-state index in [0.29, 0.717) is 22.8 Å². The van der Waals surface area contributed by atoms with Crippen LogP contribution in [0.4, 0.5) is 0 Å². The van der Waals surface area contributed by atoms with Gasteiger partial charge in [0.15, 0.2) is 0 Å². The Morgan fingerprint density at radius 3 is 2.50 bits per heavy atom. The fourth-order valence-corrected chi connectivity index (χ4v) is 1.81. The van der Waals surface area contributed by atoms with E-state index in [-0.39, 0.29) is 6.04 Å². The molecule has 0 heterocycles. The summed E-state index contributed by atoms with van der Waals surface area (Å²) in [7, 11) is 1.55. The van der Waals surface area contributed by atoms with Crippen molar-refractivity contribution in [2.75, 3.05) is 7.11 Å². The van der Waals surface area contributed by atoms with Gasteiger partial charge in [-0.05, 0) is 36.8 Å². The predicted molar refractivity (Wildman–Crippen MR) is 76.8 cm³/mol. The maximum atomic E-state index is 8.99. The molecule has 2 N–H and O–H groups in total. The van der Waals surface area contributed by atoms with Crippen molar-refractivity contribution in [1.82, 2.24) is 0 Å². The van der Waals surface area contributed by atoms with Gasteiger partial charge in [-0.2, -0.15) is 5.26 Å². The van der Waals surface area contributed by atoms with Gasteiger partial charge in [-0.3, -0.25) is 0 Å². The molecule has 0 radical (unpaired) electrons. The Balaban J connectivity index is 2.30. The first-order valence-electron chi connectivity index (χ1n) is 6.25. The first kappa shape index (κ1) is 13.9. The second-order valence-electron chi connectivity index (χ2n) is 4.47. The van der Waals surface area contributed by atoms with Gasteiger partial charge in [-0.1, -0.05) is 12.1 Å². The van der Waals surface area contributed by atoms with Gasteiger partial charge in [0.1, 0.15) is 17.2 Å². The molecule has 102 valence electrons. The van der Waals surface area contributed by atoms with Crippen LogP contribution in [0, 0.1) is 11.3 Å². The van der Waals surface area contributed by atoms with E-state index >= 15 is 0 Å². The topological polar surface area (TPSA) is 68.3 Å². The summed E-state index contributed by atoms with van der Waals surface area (Å²) >= 11 is 0. The molecule has 1 atom stereocenters. The Morgan fingerprint density at radius 2 is 1.85 bits per heavy atom. The average molecular weight is 268 g/mol. The lowest BCUT2D eigenvalue weighted by Crippen LogP contribution is -2.04. The third-order valence-electron chi connectivity index (χ3n) is 2.86. The van der Waals surface area contributed by atoms with Gasteiger partial charge in [-0.25, -0.2) is 0 Å². The standard InChI is InChI=1S/C16H16N2O2/c1-11(18)13-4-3-5-14(8-13)20-16-7-12(10-17)6-15(9-16)19-2/h3-9,11H,18H2,1-2H3. The molecule has 0 aliphatic carbocycles. The molecule has 2 aromatic carbocycles. The minimum Gasteiger partial charge on any atom is -0.497 e. The summed E-state index contributed by atoms with van der Waals surface area (Å²) < 4.78 is 10.9. The van der Waals surface area contributed by atoms with Crippen molar-refractivity contribution < 1.29 is 9.47 Å². The second-order valence-corrected chi connectivity index (χ2v) is 4.47. The molecule has 0 bridgehead atoms. The minimum absolute atomic E-state index is 0.0569. The van der Waals surface area contributed by atoms with E-state index in [2.05, 4.69) is 6.07 Å². The quantitative estimate of drug-likeness (QED) is 0.923. The van der Waals surface area contributed by atoms with Crippen LogP contribution in [0.5, 0.6) is 17.2 Å². The van der Waals surface area contributed by atoms with Crippen molar-refractivity contribution in [3.8, 4) is 23.3 Å². The molecule has 0 spiro atoms. The van der Waals surface area contributed by atoms with Crippen LogP contribution in [0.1, 0.15) is 24.1 Å². The summed E-state index contributed by atoms with van der Waals surface area (Å²) in [6.07, 6.45) is 0. The van der Waals surface area contributed by atoms with Crippen LogP contribution in [0.25, 0.3) is 0 Å². The van der Waals surface area contributed by atoms with Crippen molar-refractivity contribution in [3.63, 3.8) is 0 Å². The van der Waals surface area contributed by atoms with Crippen molar-refractivity contribution >= 4 is 0 Å². The van der Waals surface area contributed by atoms with Gasteiger partial charge in [0, 0.05) is 12.1 Å². The zero-order valence-corrected chi connectivity index (χ0v) is 11.5. The predicted octanol–water partition coefficient (Wildman–Crippen LogP) is 3.38. The third kappa shape index (κ3) is 3.28. The molecule has 2 rings (SSSR count). The van der Waals surface area contributed by atoms with Crippen LogP contribution in [0.2, 0.25) is 0 Å². The molecule has 1 unspecified atom stereocenters. The Bertz CT molecular complexity index is 645. The van der Waals surface area contributed by atoms with Gasteiger partial charge in [0.2, 0.25) is 0 Å². The SMILES string of the molecule is COc1cc(C#N)cc(Oc2cccc(C(C)N)c2)c1. The van der Waals surface area contributed by atoms with Crippen molar-refractivity contribution in [1.29, 1.82) is 5.26 Å². The molecule has 0 aromatic heterocycles. The number of benzene rings is 2. The molecule has 0 saturated heterocycles.